The quantitative estimate of drug-likeness (QED) is 0.205. The van der Waals surface area contributed by atoms with E-state index in [1.807, 2.05) is 42.5 Å². The average molecular weight is 426 g/mol. The number of rotatable bonds is 2. The third-order valence-electron chi connectivity index (χ3n) is 6.52. The summed E-state index contributed by atoms with van der Waals surface area (Å²) in [6, 6.07) is 31.0. The largest absolute Gasteiger partial charge is 0.456 e. The lowest BCUT2D eigenvalue weighted by molar-refractivity contribution is -0.633. The van der Waals surface area contributed by atoms with E-state index in [1.165, 1.54) is 10.9 Å². The fourth-order valence-electron chi connectivity index (χ4n) is 4.88. The minimum absolute atomic E-state index is 0.599. The fourth-order valence-corrected chi connectivity index (χ4v) is 4.88. The molecule has 0 aliphatic carbocycles. The molecule has 0 saturated heterocycles. The number of furan rings is 1. The number of nitrogens with zero attached hydrogens (tertiary/aromatic N) is 2. The first kappa shape index (κ1) is 19.3. The minimum atomic E-state index is 0.599. The number of aryl methyl sites for hydroxylation is 2. The van der Waals surface area contributed by atoms with Crippen molar-refractivity contribution in [2.75, 3.05) is 0 Å². The zero-order valence-electron chi connectivity index (χ0n) is 18.5. The average Bonchev–Trinajstić information content (AvgIpc) is 3.23. The summed E-state index contributed by atoms with van der Waals surface area (Å²) in [4.78, 5) is 3.80. The van der Waals surface area contributed by atoms with Crippen molar-refractivity contribution in [2.24, 2.45) is 7.05 Å². The Morgan fingerprint density at radius 2 is 1.42 bits per heavy atom. The normalized spacial score (nSPS) is 11.3. The molecule has 3 heteroatoms. The zero-order valence-corrected chi connectivity index (χ0v) is 18.5. The van der Waals surface area contributed by atoms with Crippen molar-refractivity contribution >= 4 is 38.5 Å². The summed E-state index contributed by atoms with van der Waals surface area (Å²) in [5, 5.41) is 3.29. The maximum Gasteiger partial charge on any atom is 0.216 e. The second-order valence-corrected chi connectivity index (χ2v) is 8.39. The summed E-state index contributed by atoms with van der Waals surface area (Å²) in [6.07, 6.45) is 0. The van der Waals surface area contributed by atoms with Crippen LogP contribution in [-0.4, -0.2) is 0 Å². The molecular weight excluding hydrogens is 404 g/mol. The topological polar surface area (TPSA) is 21.4 Å². The Morgan fingerprint density at radius 3 is 2.21 bits per heavy atom. The van der Waals surface area contributed by atoms with Crippen molar-refractivity contribution < 1.29 is 8.98 Å². The van der Waals surface area contributed by atoms with E-state index >= 15 is 0 Å². The fraction of sp³-hybridized carbons (Fsp3) is 0.0667. The number of pyridine rings is 1. The third kappa shape index (κ3) is 2.85. The van der Waals surface area contributed by atoms with Gasteiger partial charge in [0.25, 0.3) is 0 Å². The summed E-state index contributed by atoms with van der Waals surface area (Å²) in [5.41, 5.74) is 8.57. The zero-order chi connectivity index (χ0) is 22.5. The molecule has 33 heavy (non-hydrogen) atoms. The highest BCUT2D eigenvalue weighted by Crippen LogP contribution is 2.44. The van der Waals surface area contributed by atoms with Gasteiger partial charge >= 0.3 is 0 Å². The van der Waals surface area contributed by atoms with Crippen LogP contribution in [0, 0.1) is 13.5 Å². The lowest BCUT2D eigenvalue weighted by Gasteiger charge is -2.07. The predicted octanol–water partition coefficient (Wildman–Crippen LogP) is 7.76. The summed E-state index contributed by atoms with van der Waals surface area (Å²) in [6.45, 7) is 9.86. The van der Waals surface area contributed by atoms with Gasteiger partial charge < -0.3 is 4.42 Å². The van der Waals surface area contributed by atoms with Crippen LogP contribution in [0.15, 0.2) is 95.4 Å². The van der Waals surface area contributed by atoms with E-state index < -0.39 is 0 Å². The molecule has 0 amide bonds. The Hall–Kier alpha value is -4.42. The van der Waals surface area contributed by atoms with Crippen LogP contribution in [-0.2, 0) is 7.05 Å². The van der Waals surface area contributed by atoms with Crippen molar-refractivity contribution in [1.82, 2.24) is 0 Å². The highest BCUT2D eigenvalue weighted by Gasteiger charge is 2.23. The summed E-state index contributed by atoms with van der Waals surface area (Å²) < 4.78 is 8.89. The molecule has 0 atom stereocenters. The number of hydrogen-bond acceptors (Lipinski definition) is 1. The van der Waals surface area contributed by atoms with E-state index in [0.717, 1.165) is 49.9 Å². The third-order valence-corrected chi connectivity index (χ3v) is 6.52. The number of para-hydroxylation sites is 1. The number of fused-ring (bicyclic) bond motifs is 4. The maximum absolute atomic E-state index is 7.74. The van der Waals surface area contributed by atoms with Gasteiger partial charge in [-0.2, -0.15) is 4.57 Å². The van der Waals surface area contributed by atoms with E-state index in [1.54, 1.807) is 0 Å². The maximum atomic E-state index is 7.74. The molecule has 2 aromatic heterocycles. The first-order chi connectivity index (χ1) is 16.2. The van der Waals surface area contributed by atoms with Crippen LogP contribution in [0.2, 0.25) is 0 Å². The van der Waals surface area contributed by atoms with Crippen molar-refractivity contribution in [2.45, 2.75) is 6.92 Å². The Balaban J connectivity index is 1.73. The number of aromatic nitrogens is 1. The molecule has 0 spiro atoms. The molecule has 0 fully saturated rings. The van der Waals surface area contributed by atoms with Gasteiger partial charge in [0.15, 0.2) is 5.69 Å². The Labute approximate surface area is 192 Å². The van der Waals surface area contributed by atoms with Gasteiger partial charge in [0, 0.05) is 33.9 Å². The van der Waals surface area contributed by atoms with Gasteiger partial charge in [-0.1, -0.05) is 66.7 Å². The van der Waals surface area contributed by atoms with Crippen LogP contribution in [0.4, 0.5) is 5.69 Å². The van der Waals surface area contributed by atoms with Crippen LogP contribution in [0.1, 0.15) is 5.56 Å². The lowest BCUT2D eigenvalue weighted by atomic mass is 9.98. The molecule has 0 unspecified atom stereocenters. The Kier molecular flexibility index (Phi) is 4.28. The van der Waals surface area contributed by atoms with Crippen LogP contribution in [0.25, 0.3) is 60.1 Å². The van der Waals surface area contributed by atoms with E-state index in [0.29, 0.717) is 5.69 Å². The molecule has 0 aliphatic heterocycles. The van der Waals surface area contributed by atoms with Crippen LogP contribution in [0.5, 0.6) is 0 Å². The van der Waals surface area contributed by atoms with E-state index in [-0.39, 0.29) is 0 Å². The van der Waals surface area contributed by atoms with Crippen LogP contribution < -0.4 is 4.57 Å². The smallest absolute Gasteiger partial charge is 0.216 e. The molecule has 6 rings (SSSR count). The van der Waals surface area contributed by atoms with E-state index in [4.69, 9.17) is 11.0 Å². The molecule has 6 aromatic rings. The molecule has 156 valence electrons. The Bertz CT molecular complexity index is 1740. The van der Waals surface area contributed by atoms with Gasteiger partial charge in [-0.3, -0.25) is 0 Å². The lowest BCUT2D eigenvalue weighted by Crippen LogP contribution is -2.32. The summed E-state index contributed by atoms with van der Waals surface area (Å²) in [5.74, 6) is 0. The molecule has 0 aliphatic rings. The predicted molar refractivity (Wildman–Crippen MR) is 134 cm³/mol. The summed E-state index contributed by atoms with van der Waals surface area (Å²) in [7, 11) is 2.10. The first-order valence-electron chi connectivity index (χ1n) is 11.0. The monoisotopic (exact) mass is 425 g/mol. The SMILES string of the molecule is [C-]#[N+]c1ccc2c(oc3c(-c4ccc5ccccc5[n+]4C)c(C)ccc32)c1-c1ccccc1. The summed E-state index contributed by atoms with van der Waals surface area (Å²) >= 11 is 0. The Morgan fingerprint density at radius 1 is 0.727 bits per heavy atom. The van der Waals surface area contributed by atoms with Gasteiger partial charge in [-0.05, 0) is 30.2 Å². The van der Waals surface area contributed by atoms with Gasteiger partial charge in [0.1, 0.15) is 18.2 Å². The molecule has 2 heterocycles. The molecular formula is C30H21N2O+. The highest BCUT2D eigenvalue weighted by atomic mass is 16.3. The molecule has 4 aromatic carbocycles. The van der Waals surface area contributed by atoms with Gasteiger partial charge in [0.2, 0.25) is 11.2 Å². The second-order valence-electron chi connectivity index (χ2n) is 8.39. The molecule has 0 radical (unpaired) electrons. The van der Waals surface area contributed by atoms with Crippen LogP contribution in [0.3, 0.4) is 0 Å². The van der Waals surface area contributed by atoms with Crippen molar-refractivity contribution in [3.05, 3.63) is 108 Å². The number of benzene rings is 4. The van der Waals surface area contributed by atoms with Crippen molar-refractivity contribution in [3.63, 3.8) is 0 Å². The van der Waals surface area contributed by atoms with Gasteiger partial charge in [0.05, 0.1) is 12.1 Å². The van der Waals surface area contributed by atoms with Gasteiger partial charge in [-0.15, -0.1) is 0 Å². The van der Waals surface area contributed by atoms with E-state index in [9.17, 15) is 0 Å². The van der Waals surface area contributed by atoms with Gasteiger partial charge in [-0.25, -0.2) is 4.85 Å². The standard InChI is InChI=1S/C30H21N2O/c1-19-13-15-22-23-16-17-24(31-2)28(21-10-5-4-6-11-21)30(23)33-29(22)27(19)26-18-14-20-9-7-8-12-25(20)32(26)3/h4-18H,1,3H3/q+1. The first-order valence-corrected chi connectivity index (χ1v) is 11.0. The van der Waals surface area contributed by atoms with Crippen molar-refractivity contribution in [1.29, 1.82) is 0 Å². The number of hydrogen-bond donors (Lipinski definition) is 0. The second kappa shape index (κ2) is 7.32. The highest BCUT2D eigenvalue weighted by molar-refractivity contribution is 6.15. The minimum Gasteiger partial charge on any atom is -0.456 e. The van der Waals surface area contributed by atoms with Crippen LogP contribution >= 0.6 is 0 Å². The van der Waals surface area contributed by atoms with E-state index in [2.05, 4.69) is 71.9 Å². The molecule has 3 nitrogen and oxygen atoms in total. The molecule has 0 N–H and O–H groups in total. The molecule has 0 saturated carbocycles. The molecule has 0 bridgehead atoms. The van der Waals surface area contributed by atoms with Crippen molar-refractivity contribution in [3.8, 4) is 22.4 Å².